The van der Waals surface area contributed by atoms with E-state index in [2.05, 4.69) is 9.53 Å². The van der Waals surface area contributed by atoms with Gasteiger partial charge in [-0.05, 0) is 27.7 Å². The summed E-state index contributed by atoms with van der Waals surface area (Å²) in [6.45, 7) is 5.50. The van der Waals surface area contributed by atoms with E-state index in [4.69, 9.17) is 10.3 Å². The molecule has 0 rings (SSSR count). The zero-order chi connectivity index (χ0) is 16.8. The first-order valence-electron chi connectivity index (χ1n) is 5.83. The number of carbonyl (C=O) groups is 2. The minimum absolute atomic E-state index is 0.0389. The molecule has 0 aliphatic rings. The molecule has 0 unspecified atom stereocenters. The van der Waals surface area contributed by atoms with Gasteiger partial charge in [-0.15, -0.1) is 0 Å². The van der Waals surface area contributed by atoms with Crippen molar-refractivity contribution in [1.29, 1.82) is 0 Å². The number of hydrogen-bond donors (Lipinski definition) is 0. The van der Waals surface area contributed by atoms with Crippen LogP contribution in [0.5, 0.6) is 0 Å². The highest BCUT2D eigenvalue weighted by molar-refractivity contribution is 6.41. The van der Waals surface area contributed by atoms with E-state index in [-0.39, 0.29) is 12.7 Å². The number of carbonyl (C=O) groups excluding carboxylic acids is 2. The number of halogens is 3. The molecular weight excluding hydrogens is 293 g/mol. The van der Waals surface area contributed by atoms with Crippen LogP contribution in [0.15, 0.2) is 11.6 Å². The summed E-state index contributed by atoms with van der Waals surface area (Å²) in [6, 6.07) is 0. The van der Waals surface area contributed by atoms with Gasteiger partial charge in [-0.25, -0.2) is 9.59 Å². The van der Waals surface area contributed by atoms with Crippen LogP contribution >= 0.6 is 0 Å². The second kappa shape index (κ2) is 7.03. The largest absolute Gasteiger partial charge is 0.457 e. The molecule has 0 spiro atoms. The average Bonchev–Trinajstić information content (AvgIpc) is 2.25. The Kier molecular flexibility index (Phi) is 6.31. The molecule has 9 heteroatoms. The quantitative estimate of drug-likeness (QED) is 0.261. The minimum Gasteiger partial charge on any atom is -0.457 e. The van der Waals surface area contributed by atoms with Crippen molar-refractivity contribution in [3.05, 3.63) is 17.2 Å². The molecule has 0 aromatic heterocycles. The maximum atomic E-state index is 12.9. The Labute approximate surface area is 119 Å². The zero-order valence-electron chi connectivity index (χ0n) is 11.9. The van der Waals surface area contributed by atoms with E-state index in [9.17, 15) is 22.8 Å². The maximum absolute atomic E-state index is 12.9. The number of alkyl halides is 3. The van der Waals surface area contributed by atoms with Gasteiger partial charge in [0, 0.05) is 6.08 Å². The molecule has 0 aromatic carbocycles. The second-order valence-electron chi connectivity index (χ2n) is 4.76. The average molecular weight is 308 g/mol. The van der Waals surface area contributed by atoms with Gasteiger partial charge in [0.25, 0.3) is 0 Å². The van der Waals surface area contributed by atoms with Crippen molar-refractivity contribution in [2.75, 3.05) is 6.61 Å². The van der Waals surface area contributed by atoms with Gasteiger partial charge in [0.2, 0.25) is 0 Å². The first kappa shape index (κ1) is 18.9. The third-order valence-electron chi connectivity index (χ3n) is 1.80. The zero-order valence-corrected chi connectivity index (χ0v) is 11.9. The van der Waals surface area contributed by atoms with Crippen molar-refractivity contribution >= 4 is 17.7 Å². The second-order valence-corrected chi connectivity index (χ2v) is 4.76. The van der Waals surface area contributed by atoms with Gasteiger partial charge in [-0.2, -0.15) is 18.0 Å². The standard InChI is InChI=1S/C12H15F3N2O4/c1-5-20-10(19)9(17-16)7(12(13,14)15)6-8(18)21-11(2,3)4/h6H,5H2,1-4H3/b7-6+. The monoisotopic (exact) mass is 308 g/mol. The van der Waals surface area contributed by atoms with E-state index in [1.54, 1.807) is 0 Å². The summed E-state index contributed by atoms with van der Waals surface area (Å²) < 4.78 is 47.7. The van der Waals surface area contributed by atoms with Crippen LogP contribution in [0.25, 0.3) is 5.53 Å². The molecule has 0 amide bonds. The Balaban J connectivity index is 5.66. The fourth-order valence-electron chi connectivity index (χ4n) is 1.14. The van der Waals surface area contributed by atoms with Crippen LogP contribution < -0.4 is 0 Å². The van der Waals surface area contributed by atoms with Crippen LogP contribution in [0.1, 0.15) is 27.7 Å². The highest BCUT2D eigenvalue weighted by Crippen LogP contribution is 2.27. The summed E-state index contributed by atoms with van der Waals surface area (Å²) in [5, 5.41) is 0. The number of rotatable bonds is 4. The molecule has 0 heterocycles. The van der Waals surface area contributed by atoms with Gasteiger partial charge < -0.3 is 15.0 Å². The fraction of sp³-hybridized carbons (Fsp3) is 0.583. The smallest absolute Gasteiger partial charge is 0.424 e. The van der Waals surface area contributed by atoms with E-state index in [1.807, 2.05) is 0 Å². The number of ether oxygens (including phenoxy) is 2. The summed E-state index contributed by atoms with van der Waals surface area (Å²) >= 11 is 0. The lowest BCUT2D eigenvalue weighted by Gasteiger charge is -2.18. The lowest BCUT2D eigenvalue weighted by molar-refractivity contribution is -0.149. The maximum Gasteiger partial charge on any atom is 0.424 e. The molecule has 0 saturated carbocycles. The Hall–Kier alpha value is -2.15. The van der Waals surface area contributed by atoms with Crippen LogP contribution in [0.2, 0.25) is 0 Å². The third-order valence-corrected chi connectivity index (χ3v) is 1.80. The Morgan fingerprint density at radius 1 is 1.24 bits per heavy atom. The molecule has 0 fully saturated rings. The fourth-order valence-corrected chi connectivity index (χ4v) is 1.14. The van der Waals surface area contributed by atoms with Crippen molar-refractivity contribution in [1.82, 2.24) is 0 Å². The molecule has 21 heavy (non-hydrogen) atoms. The number of esters is 2. The van der Waals surface area contributed by atoms with Crippen LogP contribution in [0.3, 0.4) is 0 Å². The van der Waals surface area contributed by atoms with E-state index < -0.39 is 35.0 Å². The summed E-state index contributed by atoms with van der Waals surface area (Å²) in [7, 11) is 0. The van der Waals surface area contributed by atoms with E-state index in [0.29, 0.717) is 0 Å². The van der Waals surface area contributed by atoms with Crippen molar-refractivity contribution in [2.45, 2.75) is 39.5 Å². The molecule has 0 radical (unpaired) electrons. The predicted octanol–water partition coefficient (Wildman–Crippen LogP) is 2.05. The van der Waals surface area contributed by atoms with Gasteiger partial charge in [0.15, 0.2) is 5.57 Å². The molecule has 0 aromatic rings. The highest BCUT2D eigenvalue weighted by Gasteiger charge is 2.46. The molecule has 0 aliphatic heterocycles. The first-order valence-corrected chi connectivity index (χ1v) is 5.83. The summed E-state index contributed by atoms with van der Waals surface area (Å²) in [6.07, 6.45) is -5.07. The van der Waals surface area contributed by atoms with Gasteiger partial charge in [-0.3, -0.25) is 0 Å². The lowest BCUT2D eigenvalue weighted by atomic mass is 10.1. The van der Waals surface area contributed by atoms with Crippen LogP contribution in [-0.2, 0) is 19.1 Å². The molecule has 0 saturated heterocycles. The van der Waals surface area contributed by atoms with Crippen LogP contribution in [0.4, 0.5) is 13.2 Å². The van der Waals surface area contributed by atoms with E-state index in [1.165, 1.54) is 27.7 Å². The molecule has 118 valence electrons. The Morgan fingerprint density at radius 2 is 1.76 bits per heavy atom. The predicted molar refractivity (Wildman–Crippen MR) is 65.2 cm³/mol. The summed E-state index contributed by atoms with van der Waals surface area (Å²) in [4.78, 5) is 25.0. The Morgan fingerprint density at radius 3 is 2.10 bits per heavy atom. The third kappa shape index (κ3) is 6.71. The van der Waals surface area contributed by atoms with Crippen molar-refractivity contribution in [2.24, 2.45) is 0 Å². The Bertz CT molecular complexity index is 498. The SMILES string of the molecule is CCOC(=O)C(=[N+]=[N-])/C(=C\C(=O)OC(C)(C)C)C(F)(F)F. The van der Waals surface area contributed by atoms with Gasteiger partial charge in [0.1, 0.15) is 5.60 Å². The normalized spacial score (nSPS) is 12.4. The molecule has 0 atom stereocenters. The first-order chi connectivity index (χ1) is 9.42. The molecule has 0 N–H and O–H groups in total. The summed E-state index contributed by atoms with van der Waals surface area (Å²) in [5.41, 5.74) is 4.40. The summed E-state index contributed by atoms with van der Waals surface area (Å²) in [5.74, 6) is -2.84. The number of hydrogen-bond acceptors (Lipinski definition) is 4. The van der Waals surface area contributed by atoms with Gasteiger partial charge in [0.05, 0.1) is 6.61 Å². The topological polar surface area (TPSA) is 89.0 Å². The van der Waals surface area contributed by atoms with Crippen LogP contribution in [-0.4, -0.2) is 40.8 Å². The highest BCUT2D eigenvalue weighted by atomic mass is 19.4. The van der Waals surface area contributed by atoms with E-state index in [0.717, 1.165) is 0 Å². The lowest BCUT2D eigenvalue weighted by Crippen LogP contribution is -2.31. The van der Waals surface area contributed by atoms with Crippen LogP contribution in [0, 0.1) is 0 Å². The van der Waals surface area contributed by atoms with Crippen molar-refractivity contribution in [3.63, 3.8) is 0 Å². The molecule has 0 bridgehead atoms. The van der Waals surface area contributed by atoms with E-state index >= 15 is 0 Å². The molecule has 6 nitrogen and oxygen atoms in total. The molecular formula is C12H15F3N2O4. The molecule has 0 aliphatic carbocycles. The van der Waals surface area contributed by atoms with Gasteiger partial charge >= 0.3 is 23.8 Å². The van der Waals surface area contributed by atoms with Crippen molar-refractivity contribution < 1.29 is 37.0 Å². The number of nitrogens with zero attached hydrogens (tertiary/aromatic N) is 2. The minimum atomic E-state index is -5.11. The van der Waals surface area contributed by atoms with Crippen molar-refractivity contribution in [3.8, 4) is 0 Å². The van der Waals surface area contributed by atoms with Gasteiger partial charge in [-0.1, -0.05) is 0 Å².